The van der Waals surface area contributed by atoms with E-state index in [9.17, 15) is 14.7 Å². The molecule has 0 rings (SSSR count). The third-order valence-electron chi connectivity index (χ3n) is 2.56. The summed E-state index contributed by atoms with van der Waals surface area (Å²) in [6.45, 7) is 4.59. The van der Waals surface area contributed by atoms with Gasteiger partial charge in [0.1, 0.15) is 0 Å². The largest absolute Gasteiger partial charge is 0.550 e. The Morgan fingerprint density at radius 3 is 2.44 bits per heavy atom. The van der Waals surface area contributed by atoms with Gasteiger partial charge in [-0.1, -0.05) is 33.1 Å². The zero-order chi connectivity index (χ0) is 12.4. The second-order valence-electron chi connectivity index (χ2n) is 3.97. The first-order valence-corrected chi connectivity index (χ1v) is 5.95. The highest BCUT2D eigenvalue weighted by molar-refractivity contribution is 5.75. The monoisotopic (exact) mass is 229 g/mol. The van der Waals surface area contributed by atoms with Crippen LogP contribution in [0.15, 0.2) is 0 Å². The summed E-state index contributed by atoms with van der Waals surface area (Å²) in [5.41, 5.74) is 0. The average Bonchev–Trinajstić information content (AvgIpc) is 2.26. The standard InChI is InChI=1S/C12H22O4/c1-3-5-6-10(4-2)9-16-12(15)8-7-11(13)14/h10H,3-9H2,1-2H3,(H,13,14)/p-1. The quantitative estimate of drug-likeness (QED) is 0.558. The van der Waals surface area contributed by atoms with Crippen LogP contribution in [0.2, 0.25) is 0 Å². The van der Waals surface area contributed by atoms with E-state index in [0.29, 0.717) is 12.5 Å². The van der Waals surface area contributed by atoms with Gasteiger partial charge in [0.25, 0.3) is 0 Å². The van der Waals surface area contributed by atoms with Crippen molar-refractivity contribution in [1.29, 1.82) is 0 Å². The summed E-state index contributed by atoms with van der Waals surface area (Å²) >= 11 is 0. The van der Waals surface area contributed by atoms with Crippen molar-refractivity contribution in [3.8, 4) is 0 Å². The molecule has 0 bridgehead atoms. The fraction of sp³-hybridized carbons (Fsp3) is 0.833. The van der Waals surface area contributed by atoms with Crippen molar-refractivity contribution in [1.82, 2.24) is 0 Å². The van der Waals surface area contributed by atoms with Crippen LogP contribution in [0.1, 0.15) is 52.4 Å². The van der Waals surface area contributed by atoms with E-state index >= 15 is 0 Å². The lowest BCUT2D eigenvalue weighted by Crippen LogP contribution is -2.23. The Labute approximate surface area is 97.0 Å². The molecule has 1 atom stereocenters. The third-order valence-corrected chi connectivity index (χ3v) is 2.56. The van der Waals surface area contributed by atoms with Crippen LogP contribution in [-0.2, 0) is 14.3 Å². The van der Waals surface area contributed by atoms with Gasteiger partial charge >= 0.3 is 5.97 Å². The summed E-state index contributed by atoms with van der Waals surface area (Å²) in [7, 11) is 0. The summed E-state index contributed by atoms with van der Waals surface area (Å²) in [6.07, 6.45) is 3.95. The zero-order valence-corrected chi connectivity index (χ0v) is 10.2. The number of carboxylic acid groups (broad SMARTS) is 1. The van der Waals surface area contributed by atoms with Crippen LogP contribution in [-0.4, -0.2) is 18.5 Å². The molecule has 0 radical (unpaired) electrons. The van der Waals surface area contributed by atoms with E-state index in [-0.39, 0.29) is 12.8 Å². The zero-order valence-electron chi connectivity index (χ0n) is 10.2. The van der Waals surface area contributed by atoms with Gasteiger partial charge in [-0.15, -0.1) is 0 Å². The SMILES string of the molecule is CCCCC(CC)COC(=O)CCC(=O)[O-]. The van der Waals surface area contributed by atoms with Gasteiger partial charge in [-0.2, -0.15) is 0 Å². The van der Waals surface area contributed by atoms with Crippen LogP contribution in [0, 0.1) is 5.92 Å². The summed E-state index contributed by atoms with van der Waals surface area (Å²) in [5.74, 6) is -1.26. The Hall–Kier alpha value is -1.06. The van der Waals surface area contributed by atoms with Crippen LogP contribution in [0.4, 0.5) is 0 Å². The predicted octanol–water partition coefficient (Wildman–Crippen LogP) is 1.28. The van der Waals surface area contributed by atoms with Crippen molar-refractivity contribution < 1.29 is 19.4 Å². The maximum atomic E-state index is 11.1. The molecule has 0 aromatic carbocycles. The van der Waals surface area contributed by atoms with Crippen LogP contribution in [0.5, 0.6) is 0 Å². The molecule has 0 saturated heterocycles. The molecule has 0 aliphatic heterocycles. The lowest BCUT2D eigenvalue weighted by atomic mass is 10.0. The number of carbonyl (C=O) groups excluding carboxylic acids is 2. The topological polar surface area (TPSA) is 66.4 Å². The Morgan fingerprint density at radius 1 is 1.25 bits per heavy atom. The van der Waals surface area contributed by atoms with E-state index in [1.165, 1.54) is 0 Å². The van der Waals surface area contributed by atoms with E-state index in [1.807, 2.05) is 0 Å². The number of aliphatic carboxylic acids is 1. The molecule has 0 N–H and O–H groups in total. The summed E-state index contributed by atoms with van der Waals surface area (Å²) in [4.78, 5) is 21.2. The van der Waals surface area contributed by atoms with Crippen LogP contribution in [0.25, 0.3) is 0 Å². The second-order valence-corrected chi connectivity index (χ2v) is 3.97. The molecule has 1 unspecified atom stereocenters. The smallest absolute Gasteiger partial charge is 0.306 e. The average molecular weight is 229 g/mol. The second kappa shape index (κ2) is 9.19. The normalized spacial score (nSPS) is 12.1. The molecule has 4 nitrogen and oxygen atoms in total. The van der Waals surface area contributed by atoms with Crippen molar-refractivity contribution in [3.05, 3.63) is 0 Å². The van der Waals surface area contributed by atoms with Crippen molar-refractivity contribution >= 4 is 11.9 Å². The fourth-order valence-corrected chi connectivity index (χ4v) is 1.39. The molecule has 4 heteroatoms. The number of carboxylic acids is 1. The van der Waals surface area contributed by atoms with Crippen molar-refractivity contribution in [2.24, 2.45) is 5.92 Å². The Balaban J connectivity index is 3.66. The van der Waals surface area contributed by atoms with E-state index in [4.69, 9.17) is 4.74 Å². The maximum Gasteiger partial charge on any atom is 0.306 e. The van der Waals surface area contributed by atoms with Gasteiger partial charge in [-0.25, -0.2) is 0 Å². The Kier molecular flexibility index (Phi) is 8.58. The number of ether oxygens (including phenoxy) is 1. The molecule has 0 amide bonds. The minimum Gasteiger partial charge on any atom is -0.550 e. The van der Waals surface area contributed by atoms with E-state index in [0.717, 1.165) is 25.7 Å². The summed E-state index contributed by atoms with van der Waals surface area (Å²) < 4.78 is 5.01. The van der Waals surface area contributed by atoms with Gasteiger partial charge in [0.2, 0.25) is 0 Å². The molecule has 0 heterocycles. The molecular formula is C12H21O4-. The highest BCUT2D eigenvalue weighted by Gasteiger charge is 2.09. The molecule has 0 aromatic rings. The van der Waals surface area contributed by atoms with E-state index in [2.05, 4.69) is 13.8 Å². The number of rotatable bonds is 9. The molecule has 0 aromatic heterocycles. The highest BCUT2D eigenvalue weighted by Crippen LogP contribution is 2.13. The van der Waals surface area contributed by atoms with E-state index in [1.54, 1.807) is 0 Å². The number of hydrogen-bond acceptors (Lipinski definition) is 4. The summed E-state index contributed by atoms with van der Waals surface area (Å²) in [5, 5.41) is 10.1. The lowest BCUT2D eigenvalue weighted by molar-refractivity contribution is -0.305. The maximum absolute atomic E-state index is 11.1. The van der Waals surface area contributed by atoms with Crippen LogP contribution >= 0.6 is 0 Å². The number of hydrogen-bond donors (Lipinski definition) is 0. The van der Waals surface area contributed by atoms with Crippen LogP contribution in [0.3, 0.4) is 0 Å². The predicted molar refractivity (Wildman–Crippen MR) is 58.5 cm³/mol. The molecule has 0 saturated carbocycles. The lowest BCUT2D eigenvalue weighted by Gasteiger charge is -2.14. The molecule has 0 spiro atoms. The Bertz CT molecular complexity index is 213. The highest BCUT2D eigenvalue weighted by atomic mass is 16.5. The molecule has 16 heavy (non-hydrogen) atoms. The third kappa shape index (κ3) is 8.26. The molecule has 0 aliphatic carbocycles. The van der Waals surface area contributed by atoms with Crippen molar-refractivity contribution in [2.75, 3.05) is 6.61 Å². The first-order valence-electron chi connectivity index (χ1n) is 5.95. The number of carbonyl (C=O) groups is 2. The number of unbranched alkanes of at least 4 members (excludes halogenated alkanes) is 1. The van der Waals surface area contributed by atoms with Crippen molar-refractivity contribution in [3.63, 3.8) is 0 Å². The van der Waals surface area contributed by atoms with Gasteiger partial charge in [0.15, 0.2) is 0 Å². The molecular weight excluding hydrogens is 208 g/mol. The van der Waals surface area contributed by atoms with Gasteiger partial charge in [0.05, 0.1) is 13.0 Å². The minimum absolute atomic E-state index is 0.0907. The Morgan fingerprint density at radius 2 is 1.94 bits per heavy atom. The van der Waals surface area contributed by atoms with Gasteiger partial charge in [-0.3, -0.25) is 4.79 Å². The fourth-order valence-electron chi connectivity index (χ4n) is 1.39. The molecule has 0 fully saturated rings. The number of esters is 1. The summed E-state index contributed by atoms with van der Waals surface area (Å²) in [6, 6.07) is 0. The van der Waals surface area contributed by atoms with Gasteiger partial charge < -0.3 is 14.6 Å². The van der Waals surface area contributed by atoms with Gasteiger partial charge in [0, 0.05) is 5.97 Å². The van der Waals surface area contributed by atoms with E-state index < -0.39 is 11.9 Å². The minimum atomic E-state index is -1.21. The van der Waals surface area contributed by atoms with Crippen molar-refractivity contribution in [2.45, 2.75) is 52.4 Å². The van der Waals surface area contributed by atoms with Crippen LogP contribution < -0.4 is 5.11 Å². The molecule has 94 valence electrons. The van der Waals surface area contributed by atoms with Gasteiger partial charge in [-0.05, 0) is 18.8 Å². The molecule has 0 aliphatic rings. The first-order chi connectivity index (χ1) is 7.60. The first kappa shape index (κ1) is 14.9.